The smallest absolute Gasteiger partial charge is 0.295 e. The fourth-order valence-corrected chi connectivity index (χ4v) is 4.33. The minimum atomic E-state index is -0.689. The number of carbonyl (C=O) groups is 2. The second-order valence-corrected chi connectivity index (χ2v) is 8.64. The average Bonchev–Trinajstić information content (AvgIpc) is 3.03. The van der Waals surface area contributed by atoms with Gasteiger partial charge in [-0.15, -0.1) is 0 Å². The molecule has 4 rings (SSSR count). The van der Waals surface area contributed by atoms with E-state index in [9.17, 15) is 14.7 Å². The van der Waals surface area contributed by atoms with Crippen molar-refractivity contribution in [3.05, 3.63) is 111 Å². The zero-order chi connectivity index (χ0) is 22.0. The standard InChI is InChI=1S/C25H19BrClNO3/c26-19-8-4-7-18(15-19)22-21(23(29)17-9-11-20(27)12-10-17)24(30)25(31)28(22)14-13-16-5-2-1-3-6-16/h1-12,15,22,29H,13-14H2/b23-21+. The van der Waals surface area contributed by atoms with Gasteiger partial charge in [0.15, 0.2) is 0 Å². The van der Waals surface area contributed by atoms with Gasteiger partial charge in [0.05, 0.1) is 11.6 Å². The molecular formula is C25H19BrClNO3. The summed E-state index contributed by atoms with van der Waals surface area (Å²) in [6, 6.07) is 23.1. The summed E-state index contributed by atoms with van der Waals surface area (Å²) < 4.78 is 0.824. The zero-order valence-electron chi connectivity index (χ0n) is 16.5. The summed E-state index contributed by atoms with van der Waals surface area (Å²) in [5.74, 6) is -1.51. The van der Waals surface area contributed by atoms with Crippen LogP contribution in [0.15, 0.2) is 88.9 Å². The Hall–Kier alpha value is -2.89. The first-order valence-electron chi connectivity index (χ1n) is 9.79. The average molecular weight is 497 g/mol. The summed E-state index contributed by atoms with van der Waals surface area (Å²) in [5, 5.41) is 11.5. The highest BCUT2D eigenvalue weighted by Gasteiger charge is 2.45. The van der Waals surface area contributed by atoms with Gasteiger partial charge in [-0.1, -0.05) is 70.0 Å². The Kier molecular flexibility index (Phi) is 6.25. The number of amides is 1. The van der Waals surface area contributed by atoms with Crippen LogP contribution in [0, 0.1) is 0 Å². The van der Waals surface area contributed by atoms with Crippen LogP contribution in [0.1, 0.15) is 22.7 Å². The molecule has 0 spiro atoms. The predicted octanol–water partition coefficient (Wildman–Crippen LogP) is 5.77. The van der Waals surface area contributed by atoms with E-state index < -0.39 is 17.7 Å². The number of carbonyl (C=O) groups excluding carboxylic acids is 2. The van der Waals surface area contributed by atoms with Crippen molar-refractivity contribution in [3.63, 3.8) is 0 Å². The summed E-state index contributed by atoms with van der Waals surface area (Å²) in [6.07, 6.45) is 0.597. The molecule has 1 amide bonds. The number of halogens is 2. The first-order chi connectivity index (χ1) is 15.0. The topological polar surface area (TPSA) is 57.6 Å². The molecule has 0 saturated carbocycles. The van der Waals surface area contributed by atoms with Gasteiger partial charge in [0, 0.05) is 21.6 Å². The number of aliphatic hydroxyl groups is 1. The maximum atomic E-state index is 13.0. The van der Waals surface area contributed by atoms with Crippen LogP contribution in [0.2, 0.25) is 5.02 Å². The fraction of sp³-hybridized carbons (Fsp3) is 0.120. The highest BCUT2D eigenvalue weighted by Crippen LogP contribution is 2.40. The number of likely N-dealkylation sites (tertiary alicyclic amines) is 1. The lowest BCUT2D eigenvalue weighted by atomic mass is 9.95. The number of benzene rings is 3. The van der Waals surface area contributed by atoms with Gasteiger partial charge in [0.1, 0.15) is 5.76 Å². The van der Waals surface area contributed by atoms with Crippen LogP contribution in [-0.2, 0) is 16.0 Å². The fourth-order valence-electron chi connectivity index (χ4n) is 3.79. The molecule has 3 aromatic carbocycles. The van der Waals surface area contributed by atoms with E-state index in [1.165, 1.54) is 0 Å². The van der Waals surface area contributed by atoms with Gasteiger partial charge < -0.3 is 10.0 Å². The molecule has 1 aliphatic rings. The third-order valence-corrected chi connectivity index (χ3v) is 6.05. The summed E-state index contributed by atoms with van der Waals surface area (Å²) in [7, 11) is 0. The molecule has 4 nitrogen and oxygen atoms in total. The van der Waals surface area contributed by atoms with Crippen LogP contribution in [0.4, 0.5) is 0 Å². The molecule has 156 valence electrons. The summed E-state index contributed by atoms with van der Waals surface area (Å²) >= 11 is 9.42. The SMILES string of the molecule is O=C1C(=O)N(CCc2ccccc2)C(c2cccc(Br)c2)/C1=C(\O)c1ccc(Cl)cc1. The van der Waals surface area contributed by atoms with Crippen molar-refractivity contribution in [1.82, 2.24) is 4.90 Å². The third-order valence-electron chi connectivity index (χ3n) is 5.31. The van der Waals surface area contributed by atoms with E-state index >= 15 is 0 Å². The van der Waals surface area contributed by atoms with Gasteiger partial charge in [-0.2, -0.15) is 0 Å². The van der Waals surface area contributed by atoms with Crippen LogP contribution in [-0.4, -0.2) is 28.2 Å². The van der Waals surface area contributed by atoms with E-state index in [1.807, 2.05) is 54.6 Å². The van der Waals surface area contributed by atoms with E-state index in [2.05, 4.69) is 15.9 Å². The molecule has 1 aliphatic heterocycles. The Balaban J connectivity index is 1.79. The normalized spacial score (nSPS) is 17.9. The van der Waals surface area contributed by atoms with Crippen LogP contribution in [0.25, 0.3) is 5.76 Å². The Morgan fingerprint density at radius 1 is 0.968 bits per heavy atom. The predicted molar refractivity (Wildman–Crippen MR) is 125 cm³/mol. The minimum absolute atomic E-state index is 0.0819. The van der Waals surface area contributed by atoms with E-state index in [1.54, 1.807) is 29.2 Å². The third kappa shape index (κ3) is 4.43. The van der Waals surface area contributed by atoms with Crippen LogP contribution >= 0.6 is 27.5 Å². The zero-order valence-corrected chi connectivity index (χ0v) is 18.8. The lowest BCUT2D eigenvalue weighted by Gasteiger charge is -2.25. The number of ketones is 1. The van der Waals surface area contributed by atoms with Crippen molar-refractivity contribution < 1.29 is 14.7 Å². The molecule has 31 heavy (non-hydrogen) atoms. The second kappa shape index (κ2) is 9.08. The number of hydrogen-bond donors (Lipinski definition) is 1. The number of hydrogen-bond acceptors (Lipinski definition) is 3. The molecule has 0 aliphatic carbocycles. The highest BCUT2D eigenvalue weighted by molar-refractivity contribution is 9.10. The lowest BCUT2D eigenvalue weighted by molar-refractivity contribution is -0.139. The van der Waals surface area contributed by atoms with Crippen LogP contribution in [0.3, 0.4) is 0 Å². The van der Waals surface area contributed by atoms with Crippen LogP contribution in [0.5, 0.6) is 0 Å². The Bertz CT molecular complexity index is 1160. The van der Waals surface area contributed by atoms with Gasteiger partial charge in [0.25, 0.3) is 11.7 Å². The van der Waals surface area contributed by atoms with E-state index in [-0.39, 0.29) is 11.3 Å². The quantitative estimate of drug-likeness (QED) is 0.277. The van der Waals surface area contributed by atoms with Gasteiger partial charge in [-0.05, 0) is 53.9 Å². The molecule has 6 heteroatoms. The van der Waals surface area contributed by atoms with Crippen molar-refractivity contribution >= 4 is 45.0 Å². The Labute approximate surface area is 193 Å². The first-order valence-corrected chi connectivity index (χ1v) is 11.0. The molecule has 1 N–H and O–H groups in total. The summed E-state index contributed by atoms with van der Waals surface area (Å²) in [5.41, 5.74) is 2.33. The molecule has 3 aromatic rings. The van der Waals surface area contributed by atoms with Gasteiger partial charge in [-0.3, -0.25) is 9.59 Å². The number of rotatable bonds is 5. The molecular weight excluding hydrogens is 478 g/mol. The molecule has 0 radical (unpaired) electrons. The van der Waals surface area contributed by atoms with Gasteiger partial charge >= 0.3 is 0 Å². The van der Waals surface area contributed by atoms with E-state index in [4.69, 9.17) is 11.6 Å². The number of Topliss-reactive ketones (excluding diaryl/α,β-unsaturated/α-hetero) is 1. The first kappa shape index (κ1) is 21.3. The van der Waals surface area contributed by atoms with Crippen molar-refractivity contribution in [2.45, 2.75) is 12.5 Å². The summed E-state index contributed by atoms with van der Waals surface area (Å²) in [6.45, 7) is 0.350. The summed E-state index contributed by atoms with van der Waals surface area (Å²) in [4.78, 5) is 27.6. The molecule has 1 unspecified atom stereocenters. The molecule has 1 atom stereocenters. The van der Waals surface area contributed by atoms with Crippen LogP contribution < -0.4 is 0 Å². The second-order valence-electron chi connectivity index (χ2n) is 7.29. The number of nitrogens with zero attached hydrogens (tertiary/aromatic N) is 1. The molecule has 1 saturated heterocycles. The Morgan fingerprint density at radius 2 is 1.68 bits per heavy atom. The molecule has 0 bridgehead atoms. The largest absolute Gasteiger partial charge is 0.507 e. The maximum absolute atomic E-state index is 13.0. The monoisotopic (exact) mass is 495 g/mol. The van der Waals surface area contributed by atoms with Crippen molar-refractivity contribution in [1.29, 1.82) is 0 Å². The molecule has 1 heterocycles. The molecule has 0 aromatic heterocycles. The minimum Gasteiger partial charge on any atom is -0.507 e. The number of aliphatic hydroxyl groups excluding tert-OH is 1. The lowest BCUT2D eigenvalue weighted by Crippen LogP contribution is -2.31. The van der Waals surface area contributed by atoms with E-state index in [0.717, 1.165) is 15.6 Å². The molecule has 1 fully saturated rings. The van der Waals surface area contributed by atoms with Crippen molar-refractivity contribution in [2.24, 2.45) is 0 Å². The maximum Gasteiger partial charge on any atom is 0.295 e. The Morgan fingerprint density at radius 3 is 2.35 bits per heavy atom. The highest BCUT2D eigenvalue weighted by atomic mass is 79.9. The van der Waals surface area contributed by atoms with Crippen molar-refractivity contribution in [2.75, 3.05) is 6.54 Å². The van der Waals surface area contributed by atoms with Crippen molar-refractivity contribution in [3.8, 4) is 0 Å². The van der Waals surface area contributed by atoms with E-state index in [0.29, 0.717) is 23.6 Å². The van der Waals surface area contributed by atoms with Gasteiger partial charge in [0.2, 0.25) is 0 Å². The van der Waals surface area contributed by atoms with Gasteiger partial charge in [-0.25, -0.2) is 0 Å².